The van der Waals surface area contributed by atoms with Crippen molar-refractivity contribution in [3.8, 4) is 0 Å². The van der Waals surface area contributed by atoms with Gasteiger partial charge in [0.15, 0.2) is 0 Å². The Morgan fingerprint density at radius 2 is 1.91 bits per heavy atom. The average Bonchev–Trinajstić information content (AvgIpc) is 2.49. The Balaban J connectivity index is 1.86. The molecule has 22 heavy (non-hydrogen) atoms. The van der Waals surface area contributed by atoms with Gasteiger partial charge in [-0.05, 0) is 35.6 Å². The van der Waals surface area contributed by atoms with Gasteiger partial charge in [0, 0.05) is 24.5 Å². The summed E-state index contributed by atoms with van der Waals surface area (Å²) in [5.41, 5.74) is 9.54. The second-order valence-electron chi connectivity index (χ2n) is 6.35. The molecule has 5 nitrogen and oxygen atoms in total. The van der Waals surface area contributed by atoms with Crippen molar-refractivity contribution < 1.29 is 14.6 Å². The maximum Gasteiger partial charge on any atom is 0.0701 e. The maximum absolute atomic E-state index is 8.61. The lowest BCUT2D eigenvalue weighted by molar-refractivity contribution is 0.0350. The van der Waals surface area contributed by atoms with Crippen LogP contribution in [0.4, 0.5) is 11.4 Å². The second-order valence-corrected chi connectivity index (χ2v) is 6.35. The number of hydrogen-bond acceptors (Lipinski definition) is 5. The summed E-state index contributed by atoms with van der Waals surface area (Å²) in [5, 5.41) is 8.61. The lowest BCUT2D eigenvalue weighted by atomic mass is 9.77. The monoisotopic (exact) mass is 308 g/mol. The molecule has 1 aliphatic heterocycles. The van der Waals surface area contributed by atoms with Gasteiger partial charge in [-0.3, -0.25) is 0 Å². The summed E-state index contributed by atoms with van der Waals surface area (Å²) >= 11 is 0. The SMILES string of the molecule is CC1(C)CCN(CCOCCOCCO)c2ccc(N)cc21. The van der Waals surface area contributed by atoms with E-state index < -0.39 is 0 Å². The van der Waals surface area contributed by atoms with Crippen LogP contribution in [0, 0.1) is 0 Å². The third-order valence-electron chi connectivity index (χ3n) is 4.21. The first-order chi connectivity index (χ1) is 10.5. The molecule has 1 aliphatic rings. The molecule has 1 heterocycles. The fourth-order valence-electron chi connectivity index (χ4n) is 2.83. The third-order valence-corrected chi connectivity index (χ3v) is 4.21. The van der Waals surface area contributed by atoms with Crippen molar-refractivity contribution in [1.29, 1.82) is 0 Å². The fourth-order valence-corrected chi connectivity index (χ4v) is 2.83. The molecule has 5 heteroatoms. The fraction of sp³-hybridized carbons (Fsp3) is 0.647. The Bertz CT molecular complexity index is 477. The van der Waals surface area contributed by atoms with Gasteiger partial charge in [-0.1, -0.05) is 13.8 Å². The highest BCUT2D eigenvalue weighted by molar-refractivity contribution is 5.63. The van der Waals surface area contributed by atoms with Crippen LogP contribution in [-0.4, -0.2) is 51.2 Å². The molecule has 0 aromatic heterocycles. The van der Waals surface area contributed by atoms with E-state index in [1.54, 1.807) is 0 Å². The molecule has 124 valence electrons. The van der Waals surface area contributed by atoms with Crippen LogP contribution in [0.15, 0.2) is 18.2 Å². The van der Waals surface area contributed by atoms with Gasteiger partial charge in [0.05, 0.1) is 33.0 Å². The van der Waals surface area contributed by atoms with Crippen LogP contribution in [-0.2, 0) is 14.9 Å². The van der Waals surface area contributed by atoms with Gasteiger partial charge in [0.2, 0.25) is 0 Å². The van der Waals surface area contributed by atoms with E-state index in [4.69, 9.17) is 20.3 Å². The van der Waals surface area contributed by atoms with E-state index in [0.29, 0.717) is 26.4 Å². The van der Waals surface area contributed by atoms with Crippen molar-refractivity contribution in [2.24, 2.45) is 0 Å². The van der Waals surface area contributed by atoms with E-state index in [-0.39, 0.29) is 12.0 Å². The van der Waals surface area contributed by atoms with E-state index in [2.05, 4.69) is 30.9 Å². The Labute approximate surface area is 133 Å². The number of anilines is 2. The quantitative estimate of drug-likeness (QED) is 0.566. The smallest absolute Gasteiger partial charge is 0.0701 e. The van der Waals surface area contributed by atoms with Gasteiger partial charge in [-0.2, -0.15) is 0 Å². The van der Waals surface area contributed by atoms with E-state index in [1.165, 1.54) is 11.3 Å². The number of nitrogen functional groups attached to an aromatic ring is 1. The summed E-state index contributed by atoms with van der Waals surface area (Å²) in [6.45, 7) is 8.65. The van der Waals surface area contributed by atoms with Gasteiger partial charge in [0.25, 0.3) is 0 Å². The summed E-state index contributed by atoms with van der Waals surface area (Å²) in [5.74, 6) is 0. The molecule has 3 N–H and O–H groups in total. The zero-order chi connectivity index (χ0) is 16.0. The van der Waals surface area contributed by atoms with Crippen LogP contribution >= 0.6 is 0 Å². The van der Waals surface area contributed by atoms with Crippen molar-refractivity contribution in [2.45, 2.75) is 25.7 Å². The summed E-state index contributed by atoms with van der Waals surface area (Å²) in [7, 11) is 0. The zero-order valence-corrected chi connectivity index (χ0v) is 13.7. The highest BCUT2D eigenvalue weighted by atomic mass is 16.5. The maximum atomic E-state index is 8.61. The molecule has 2 rings (SSSR count). The molecule has 0 fully saturated rings. The van der Waals surface area contributed by atoms with Crippen LogP contribution in [0.5, 0.6) is 0 Å². The zero-order valence-electron chi connectivity index (χ0n) is 13.7. The molecule has 1 aromatic rings. The van der Waals surface area contributed by atoms with Crippen LogP contribution in [0.1, 0.15) is 25.8 Å². The molecular formula is C17H28N2O3. The second kappa shape index (κ2) is 7.81. The number of nitrogens with zero attached hydrogens (tertiary/aromatic N) is 1. The first-order valence-electron chi connectivity index (χ1n) is 7.96. The molecular weight excluding hydrogens is 280 g/mol. The van der Waals surface area contributed by atoms with E-state index >= 15 is 0 Å². The number of aliphatic hydroxyl groups is 1. The largest absolute Gasteiger partial charge is 0.399 e. The highest BCUT2D eigenvalue weighted by Crippen LogP contribution is 2.40. The number of nitrogens with two attached hydrogens (primary N) is 1. The minimum atomic E-state index is 0.0590. The number of hydrogen-bond donors (Lipinski definition) is 2. The number of ether oxygens (including phenoxy) is 2. The predicted molar refractivity (Wildman–Crippen MR) is 89.4 cm³/mol. The lowest BCUT2D eigenvalue weighted by Gasteiger charge is -2.40. The first kappa shape index (κ1) is 17.1. The molecule has 0 spiro atoms. The number of fused-ring (bicyclic) bond motifs is 1. The Morgan fingerprint density at radius 1 is 1.18 bits per heavy atom. The molecule has 0 bridgehead atoms. The minimum Gasteiger partial charge on any atom is -0.399 e. The van der Waals surface area contributed by atoms with Crippen LogP contribution in [0.2, 0.25) is 0 Å². The molecule has 0 radical (unpaired) electrons. The van der Waals surface area contributed by atoms with Crippen LogP contribution in [0.3, 0.4) is 0 Å². The standard InChI is InChI=1S/C17H28N2O3/c1-17(2)5-6-19(7-9-21-11-12-22-10-8-20)16-4-3-14(18)13-15(16)17/h3-4,13,20H,5-12,18H2,1-2H3. The average molecular weight is 308 g/mol. The molecule has 0 unspecified atom stereocenters. The van der Waals surface area contributed by atoms with Crippen molar-refractivity contribution in [3.05, 3.63) is 23.8 Å². The Hall–Kier alpha value is -1.30. The van der Waals surface area contributed by atoms with Crippen molar-refractivity contribution >= 4 is 11.4 Å². The Kier molecular flexibility index (Phi) is 6.06. The minimum absolute atomic E-state index is 0.0590. The summed E-state index contributed by atoms with van der Waals surface area (Å²) < 4.78 is 10.8. The number of aliphatic hydroxyl groups excluding tert-OH is 1. The van der Waals surface area contributed by atoms with Gasteiger partial charge in [0.1, 0.15) is 0 Å². The molecule has 0 amide bonds. The molecule has 1 aromatic carbocycles. The molecule has 0 saturated carbocycles. The molecule has 0 saturated heterocycles. The topological polar surface area (TPSA) is 68.0 Å². The van der Waals surface area contributed by atoms with E-state index in [0.717, 1.165) is 25.2 Å². The van der Waals surface area contributed by atoms with Gasteiger partial charge >= 0.3 is 0 Å². The van der Waals surface area contributed by atoms with Crippen molar-refractivity contribution in [3.63, 3.8) is 0 Å². The van der Waals surface area contributed by atoms with Gasteiger partial charge in [-0.15, -0.1) is 0 Å². The first-order valence-corrected chi connectivity index (χ1v) is 7.96. The predicted octanol–water partition coefficient (Wildman–Crippen LogP) is 1.78. The number of benzene rings is 1. The van der Waals surface area contributed by atoms with Gasteiger partial charge < -0.3 is 25.2 Å². The summed E-state index contributed by atoms with van der Waals surface area (Å²) in [4.78, 5) is 2.37. The Morgan fingerprint density at radius 3 is 2.64 bits per heavy atom. The van der Waals surface area contributed by atoms with E-state index in [9.17, 15) is 0 Å². The number of rotatable bonds is 8. The molecule has 0 aliphatic carbocycles. The highest BCUT2D eigenvalue weighted by Gasteiger charge is 2.30. The third kappa shape index (κ3) is 4.35. The lowest BCUT2D eigenvalue weighted by Crippen LogP contribution is -2.39. The van der Waals surface area contributed by atoms with Crippen molar-refractivity contribution in [1.82, 2.24) is 0 Å². The van der Waals surface area contributed by atoms with Gasteiger partial charge in [-0.25, -0.2) is 0 Å². The van der Waals surface area contributed by atoms with Crippen LogP contribution in [0.25, 0.3) is 0 Å². The normalized spacial score (nSPS) is 16.6. The van der Waals surface area contributed by atoms with Crippen molar-refractivity contribution in [2.75, 3.05) is 56.8 Å². The molecule has 0 atom stereocenters. The summed E-state index contributed by atoms with van der Waals surface area (Å²) in [6, 6.07) is 6.19. The summed E-state index contributed by atoms with van der Waals surface area (Å²) in [6.07, 6.45) is 1.11. The van der Waals surface area contributed by atoms with E-state index in [1.807, 2.05) is 6.07 Å². The van der Waals surface area contributed by atoms with Crippen LogP contribution < -0.4 is 10.6 Å².